The number of rotatable bonds is 4. The fraction of sp³-hybridized carbons (Fsp3) is 0.308. The summed E-state index contributed by atoms with van der Waals surface area (Å²) in [6, 6.07) is 12.9. The minimum absolute atomic E-state index is 0. The molecule has 6 heteroatoms. The monoisotopic (exact) mass is 472 g/mol. The number of aromatic nitrogens is 4. The van der Waals surface area contributed by atoms with Crippen LogP contribution in [0.2, 0.25) is 0 Å². The highest BCUT2D eigenvalue weighted by Crippen LogP contribution is 2.27. The van der Waals surface area contributed by atoms with Crippen LogP contribution in [0.25, 0.3) is 0 Å². The van der Waals surface area contributed by atoms with Crippen molar-refractivity contribution in [2.45, 2.75) is 53.4 Å². The molecule has 0 unspecified atom stereocenters. The van der Waals surface area contributed by atoms with Crippen LogP contribution in [0.15, 0.2) is 61.4 Å². The van der Waals surface area contributed by atoms with E-state index in [2.05, 4.69) is 97.9 Å². The molecular formula is C26H34Cl2N4. The zero-order valence-corrected chi connectivity index (χ0v) is 21.3. The Hall–Kier alpha value is -2.56. The molecule has 2 N–H and O–H groups in total. The van der Waals surface area contributed by atoms with E-state index in [1.165, 1.54) is 44.8 Å². The normalized spacial score (nSPS) is 11.9. The van der Waals surface area contributed by atoms with Crippen molar-refractivity contribution in [3.05, 3.63) is 106 Å². The molecule has 0 aliphatic heterocycles. The predicted molar refractivity (Wildman–Crippen MR) is 139 cm³/mol. The number of halogens is 2. The van der Waals surface area contributed by atoms with Gasteiger partial charge in [-0.25, -0.2) is 9.97 Å². The van der Waals surface area contributed by atoms with E-state index >= 15 is 0 Å². The second-order valence-electron chi connectivity index (χ2n) is 8.04. The first-order valence-electron chi connectivity index (χ1n) is 10.5. The van der Waals surface area contributed by atoms with Crippen LogP contribution in [0.1, 0.15) is 70.5 Å². The molecule has 0 saturated carbocycles. The average Bonchev–Trinajstić information content (AvgIpc) is 3.46. The molecule has 172 valence electrons. The summed E-state index contributed by atoms with van der Waals surface area (Å²) in [5, 5.41) is 0. The first-order valence-corrected chi connectivity index (χ1v) is 10.5. The maximum atomic E-state index is 4.07. The topological polar surface area (TPSA) is 57.4 Å². The Bertz CT molecular complexity index is 986. The van der Waals surface area contributed by atoms with Crippen LogP contribution in [0.4, 0.5) is 0 Å². The molecule has 0 aliphatic carbocycles. The molecule has 2 aromatic heterocycles. The number of hydrogen-bond donors (Lipinski definition) is 2. The molecule has 2 atom stereocenters. The van der Waals surface area contributed by atoms with Gasteiger partial charge in [-0.05, 0) is 61.1 Å². The second-order valence-corrected chi connectivity index (χ2v) is 8.04. The second kappa shape index (κ2) is 12.5. The van der Waals surface area contributed by atoms with E-state index in [1.807, 2.05) is 12.4 Å². The molecule has 32 heavy (non-hydrogen) atoms. The lowest BCUT2D eigenvalue weighted by Gasteiger charge is -2.14. The number of nitrogens with zero attached hydrogens (tertiary/aromatic N) is 2. The third-order valence-electron chi connectivity index (χ3n) is 6.20. The number of H-pyrrole nitrogens is 2. The number of hydrogen-bond acceptors (Lipinski definition) is 2. The molecule has 4 aromatic rings. The van der Waals surface area contributed by atoms with E-state index in [1.54, 1.807) is 12.7 Å². The Labute approximate surface area is 204 Å². The number of nitrogens with one attached hydrogen (secondary N) is 2. The summed E-state index contributed by atoms with van der Waals surface area (Å²) in [6.45, 7) is 13.1. The molecule has 0 spiro atoms. The van der Waals surface area contributed by atoms with Crippen molar-refractivity contribution in [2.24, 2.45) is 0 Å². The van der Waals surface area contributed by atoms with Crippen molar-refractivity contribution in [3.63, 3.8) is 0 Å². The van der Waals surface area contributed by atoms with Gasteiger partial charge < -0.3 is 9.97 Å². The summed E-state index contributed by atoms with van der Waals surface area (Å²) >= 11 is 0. The maximum absolute atomic E-state index is 4.07. The largest absolute Gasteiger partial charge is 0.348 e. The van der Waals surface area contributed by atoms with Gasteiger partial charge in [-0.15, -0.1) is 24.8 Å². The minimum Gasteiger partial charge on any atom is -0.348 e. The minimum atomic E-state index is 0. The lowest BCUT2D eigenvalue weighted by atomic mass is 9.92. The molecule has 0 amide bonds. The van der Waals surface area contributed by atoms with Crippen LogP contribution in [-0.2, 0) is 0 Å². The number of aryl methyl sites for hydroxylation is 2. The van der Waals surface area contributed by atoms with Gasteiger partial charge in [-0.2, -0.15) is 0 Å². The van der Waals surface area contributed by atoms with Gasteiger partial charge in [0.05, 0.1) is 12.7 Å². The summed E-state index contributed by atoms with van der Waals surface area (Å²) in [5.41, 5.74) is 10.5. The lowest BCUT2D eigenvalue weighted by Crippen LogP contribution is -2.00. The van der Waals surface area contributed by atoms with Crippen molar-refractivity contribution in [1.29, 1.82) is 0 Å². The van der Waals surface area contributed by atoms with Crippen LogP contribution < -0.4 is 0 Å². The quantitative estimate of drug-likeness (QED) is 0.329. The van der Waals surface area contributed by atoms with Crippen LogP contribution in [-0.4, -0.2) is 19.9 Å². The van der Waals surface area contributed by atoms with Crippen LogP contribution in [0.5, 0.6) is 0 Å². The Kier molecular flexibility index (Phi) is 10.7. The van der Waals surface area contributed by atoms with Crippen molar-refractivity contribution in [3.8, 4) is 0 Å². The highest BCUT2D eigenvalue weighted by molar-refractivity contribution is 5.85. The smallest absolute Gasteiger partial charge is 0.0921 e. The van der Waals surface area contributed by atoms with E-state index in [-0.39, 0.29) is 24.8 Å². The van der Waals surface area contributed by atoms with E-state index < -0.39 is 0 Å². The Morgan fingerprint density at radius 2 is 1.00 bits per heavy atom. The highest BCUT2D eigenvalue weighted by Gasteiger charge is 2.13. The summed E-state index contributed by atoms with van der Waals surface area (Å²) in [7, 11) is 0. The Morgan fingerprint density at radius 3 is 1.31 bits per heavy atom. The maximum Gasteiger partial charge on any atom is 0.0921 e. The van der Waals surface area contributed by atoms with Gasteiger partial charge in [0.2, 0.25) is 0 Å². The van der Waals surface area contributed by atoms with Gasteiger partial charge >= 0.3 is 0 Å². The molecule has 0 radical (unpaired) electrons. The molecular weight excluding hydrogens is 439 g/mol. The van der Waals surface area contributed by atoms with Gasteiger partial charge in [0.25, 0.3) is 0 Å². The van der Waals surface area contributed by atoms with Crippen molar-refractivity contribution in [2.75, 3.05) is 0 Å². The molecule has 4 rings (SSSR count). The fourth-order valence-electron chi connectivity index (χ4n) is 3.83. The van der Waals surface area contributed by atoms with Crippen molar-refractivity contribution < 1.29 is 0 Å². The van der Waals surface area contributed by atoms with Gasteiger partial charge in [-0.1, -0.05) is 50.2 Å². The van der Waals surface area contributed by atoms with E-state index in [9.17, 15) is 0 Å². The van der Waals surface area contributed by atoms with Crippen LogP contribution in [0, 0.1) is 27.7 Å². The van der Waals surface area contributed by atoms with Crippen molar-refractivity contribution in [1.82, 2.24) is 19.9 Å². The Morgan fingerprint density at radius 1 is 0.625 bits per heavy atom. The number of aromatic amines is 2. The molecule has 2 heterocycles. The summed E-state index contributed by atoms with van der Waals surface area (Å²) in [4.78, 5) is 14.5. The molecule has 0 aliphatic rings. The summed E-state index contributed by atoms with van der Waals surface area (Å²) in [5.74, 6) is 0.764. The SMILES string of the molecule is Cc1cccc([C@H](C)c2cnc[nH]2)c1C.Cc1cccc([C@H](C)c2cnc[nH]2)c1C.Cl.Cl. The first kappa shape index (κ1) is 27.5. The van der Waals surface area contributed by atoms with Crippen molar-refractivity contribution >= 4 is 24.8 Å². The molecule has 0 saturated heterocycles. The molecule has 2 aromatic carbocycles. The van der Waals surface area contributed by atoms with Gasteiger partial charge in [-0.3, -0.25) is 0 Å². The zero-order valence-electron chi connectivity index (χ0n) is 19.6. The molecule has 4 nitrogen and oxygen atoms in total. The highest BCUT2D eigenvalue weighted by atomic mass is 35.5. The zero-order chi connectivity index (χ0) is 21.7. The van der Waals surface area contributed by atoms with Crippen LogP contribution >= 0.6 is 24.8 Å². The summed E-state index contributed by atoms with van der Waals surface area (Å²) in [6.07, 6.45) is 7.26. The first-order chi connectivity index (χ1) is 14.4. The fourth-order valence-corrected chi connectivity index (χ4v) is 3.83. The van der Waals surface area contributed by atoms with Gasteiger partial charge in [0.15, 0.2) is 0 Å². The van der Waals surface area contributed by atoms with E-state index in [0.717, 1.165) is 0 Å². The predicted octanol–water partition coefficient (Wildman–Crippen LogP) is 7.20. The average molecular weight is 473 g/mol. The molecule has 0 fully saturated rings. The Balaban J connectivity index is 0.000000301. The third-order valence-corrected chi connectivity index (χ3v) is 6.20. The number of benzene rings is 2. The third kappa shape index (κ3) is 6.24. The number of imidazole rings is 2. The standard InChI is InChI=1S/2C13H16N2.2ClH/c2*1-9-5-4-6-12(10(9)2)11(3)13-7-14-8-15-13;;/h2*4-8,11H,1-3H3,(H,14,15);2*1H/t2*11-;;/m00../s1. The summed E-state index contributed by atoms with van der Waals surface area (Å²) < 4.78 is 0. The van der Waals surface area contributed by atoms with E-state index in [4.69, 9.17) is 0 Å². The lowest BCUT2D eigenvalue weighted by molar-refractivity contribution is 0.871. The van der Waals surface area contributed by atoms with Gasteiger partial charge in [0.1, 0.15) is 0 Å². The molecule has 0 bridgehead atoms. The van der Waals surface area contributed by atoms with E-state index in [0.29, 0.717) is 11.8 Å². The van der Waals surface area contributed by atoms with Crippen LogP contribution in [0.3, 0.4) is 0 Å². The van der Waals surface area contributed by atoms with Gasteiger partial charge in [0, 0.05) is 35.6 Å².